The predicted octanol–water partition coefficient (Wildman–Crippen LogP) is 1.82. The SMILES string of the molecule is CC[C@H](O)[C@H](O)[C@H](CC1CCCCC1)NC(=O)CCNC(=O)[C@H](Cc1ccccc1)NC(=O)N1CCC(N)CC1. The third-order valence-corrected chi connectivity index (χ3v) is 8.26. The van der Waals surface area contributed by atoms with Crippen LogP contribution in [0.4, 0.5) is 4.79 Å². The summed E-state index contributed by atoms with van der Waals surface area (Å²) >= 11 is 0. The maximum Gasteiger partial charge on any atom is 0.318 e. The van der Waals surface area contributed by atoms with E-state index in [4.69, 9.17) is 5.73 Å². The molecule has 3 rings (SSSR count). The first-order valence-corrected chi connectivity index (χ1v) is 15.0. The zero-order valence-corrected chi connectivity index (χ0v) is 23.9. The maximum atomic E-state index is 13.2. The van der Waals surface area contributed by atoms with Crippen molar-refractivity contribution in [2.24, 2.45) is 11.7 Å². The number of nitrogens with one attached hydrogen (secondary N) is 3. The average Bonchev–Trinajstić information content (AvgIpc) is 2.97. The summed E-state index contributed by atoms with van der Waals surface area (Å²) in [5, 5.41) is 29.5. The van der Waals surface area contributed by atoms with Crippen molar-refractivity contribution in [1.29, 1.82) is 0 Å². The third kappa shape index (κ3) is 10.4. The number of carbonyl (C=O) groups is 3. The highest BCUT2D eigenvalue weighted by Gasteiger charge is 2.30. The molecule has 224 valence electrons. The van der Waals surface area contributed by atoms with Gasteiger partial charge in [0, 0.05) is 38.5 Å². The van der Waals surface area contributed by atoms with Gasteiger partial charge in [-0.3, -0.25) is 9.59 Å². The van der Waals surface area contributed by atoms with Crippen LogP contribution in [0.2, 0.25) is 0 Å². The van der Waals surface area contributed by atoms with E-state index in [1.54, 1.807) is 11.8 Å². The van der Waals surface area contributed by atoms with Crippen LogP contribution >= 0.6 is 0 Å². The van der Waals surface area contributed by atoms with Crippen molar-refractivity contribution in [2.75, 3.05) is 19.6 Å². The number of aliphatic hydroxyl groups excluding tert-OH is 2. The van der Waals surface area contributed by atoms with Gasteiger partial charge in [-0.1, -0.05) is 69.4 Å². The van der Waals surface area contributed by atoms with Crippen LogP contribution in [0.3, 0.4) is 0 Å². The molecular weight excluding hydrogens is 510 g/mol. The van der Waals surface area contributed by atoms with Crippen LogP contribution in [0, 0.1) is 5.92 Å². The minimum absolute atomic E-state index is 0.0257. The molecule has 0 spiro atoms. The van der Waals surface area contributed by atoms with Gasteiger partial charge in [-0.25, -0.2) is 4.79 Å². The molecule has 1 saturated carbocycles. The van der Waals surface area contributed by atoms with Gasteiger partial charge in [0.05, 0.1) is 18.2 Å². The monoisotopic (exact) mass is 559 g/mol. The molecule has 1 aromatic carbocycles. The number of amides is 4. The molecule has 7 N–H and O–H groups in total. The fourth-order valence-corrected chi connectivity index (χ4v) is 5.68. The predicted molar refractivity (Wildman–Crippen MR) is 154 cm³/mol. The second-order valence-corrected chi connectivity index (χ2v) is 11.4. The van der Waals surface area contributed by atoms with Crippen molar-refractivity contribution < 1.29 is 24.6 Å². The lowest BCUT2D eigenvalue weighted by molar-refractivity contribution is -0.124. The lowest BCUT2D eigenvalue weighted by Gasteiger charge is -2.32. The lowest BCUT2D eigenvalue weighted by Crippen LogP contribution is -2.54. The van der Waals surface area contributed by atoms with Gasteiger partial charge >= 0.3 is 6.03 Å². The number of nitrogens with zero attached hydrogens (tertiary/aromatic N) is 1. The molecule has 40 heavy (non-hydrogen) atoms. The van der Waals surface area contributed by atoms with Crippen LogP contribution in [-0.4, -0.2) is 82.9 Å². The van der Waals surface area contributed by atoms with Gasteiger partial charge in [0.1, 0.15) is 6.04 Å². The van der Waals surface area contributed by atoms with Gasteiger partial charge in [0.25, 0.3) is 0 Å². The highest BCUT2D eigenvalue weighted by Crippen LogP contribution is 2.28. The van der Waals surface area contributed by atoms with Gasteiger partial charge in [-0.05, 0) is 37.2 Å². The van der Waals surface area contributed by atoms with Crippen molar-refractivity contribution in [1.82, 2.24) is 20.9 Å². The molecule has 1 aromatic rings. The van der Waals surface area contributed by atoms with E-state index in [0.29, 0.717) is 38.3 Å². The minimum Gasteiger partial charge on any atom is -0.390 e. The first-order chi connectivity index (χ1) is 19.3. The zero-order chi connectivity index (χ0) is 28.9. The highest BCUT2D eigenvalue weighted by molar-refractivity contribution is 5.87. The third-order valence-electron chi connectivity index (χ3n) is 8.26. The Labute approximate surface area is 238 Å². The number of urea groups is 1. The van der Waals surface area contributed by atoms with Gasteiger partial charge in [0.2, 0.25) is 11.8 Å². The average molecular weight is 560 g/mol. The van der Waals surface area contributed by atoms with E-state index < -0.39 is 24.3 Å². The topological polar surface area (TPSA) is 157 Å². The van der Waals surface area contributed by atoms with Crippen molar-refractivity contribution in [3.8, 4) is 0 Å². The van der Waals surface area contributed by atoms with Gasteiger partial charge in [-0.2, -0.15) is 0 Å². The lowest BCUT2D eigenvalue weighted by atomic mass is 9.83. The summed E-state index contributed by atoms with van der Waals surface area (Å²) in [6.45, 7) is 2.99. The summed E-state index contributed by atoms with van der Waals surface area (Å²) in [5.41, 5.74) is 6.87. The fraction of sp³-hybridized carbons (Fsp3) is 0.700. The van der Waals surface area contributed by atoms with Crippen molar-refractivity contribution in [3.05, 3.63) is 35.9 Å². The Bertz CT molecular complexity index is 918. The van der Waals surface area contributed by atoms with E-state index in [0.717, 1.165) is 44.1 Å². The van der Waals surface area contributed by atoms with Gasteiger partial charge < -0.3 is 36.8 Å². The molecule has 2 aliphatic rings. The van der Waals surface area contributed by atoms with Crippen molar-refractivity contribution in [3.63, 3.8) is 0 Å². The standard InChI is InChI=1S/C30H49N5O5/c1-2-26(36)28(38)24(19-21-9-5-3-6-10-21)33-27(37)13-16-32-29(39)25(20-22-11-7-4-8-12-22)34-30(40)35-17-14-23(31)15-18-35/h4,7-8,11-12,21,23-26,28,36,38H,2-3,5-6,9-10,13-20,31H2,1H3,(H,32,39)(H,33,37)(H,34,40)/t24-,25-,26-,28+/m0/s1. The Kier molecular flexibility index (Phi) is 13.2. The summed E-state index contributed by atoms with van der Waals surface area (Å²) in [4.78, 5) is 40.6. The van der Waals surface area contributed by atoms with E-state index in [1.165, 1.54) is 6.42 Å². The normalized spacial score (nSPS) is 19.8. The van der Waals surface area contributed by atoms with Crippen LogP contribution in [0.5, 0.6) is 0 Å². The summed E-state index contributed by atoms with van der Waals surface area (Å²) in [5.74, 6) is -0.244. The van der Waals surface area contributed by atoms with E-state index in [1.807, 2.05) is 30.3 Å². The van der Waals surface area contributed by atoms with E-state index in [-0.39, 0.29) is 36.9 Å². The van der Waals surface area contributed by atoms with E-state index >= 15 is 0 Å². The Morgan fingerprint density at radius 3 is 2.33 bits per heavy atom. The number of hydrogen-bond donors (Lipinski definition) is 6. The summed E-state index contributed by atoms with van der Waals surface area (Å²) in [6, 6.07) is 7.93. The second kappa shape index (κ2) is 16.5. The molecule has 4 atom stereocenters. The largest absolute Gasteiger partial charge is 0.390 e. The number of benzene rings is 1. The summed E-state index contributed by atoms with van der Waals surface area (Å²) in [7, 11) is 0. The molecular formula is C30H49N5O5. The number of carbonyl (C=O) groups excluding carboxylic acids is 3. The second-order valence-electron chi connectivity index (χ2n) is 11.4. The molecule has 10 heteroatoms. The van der Waals surface area contributed by atoms with E-state index in [2.05, 4.69) is 16.0 Å². The Hall–Kier alpha value is -2.69. The highest BCUT2D eigenvalue weighted by atomic mass is 16.3. The Morgan fingerprint density at radius 2 is 1.68 bits per heavy atom. The molecule has 0 radical (unpaired) electrons. The van der Waals surface area contributed by atoms with Crippen LogP contribution in [0.25, 0.3) is 0 Å². The molecule has 4 amide bonds. The van der Waals surface area contributed by atoms with Crippen LogP contribution in [0.15, 0.2) is 30.3 Å². The van der Waals surface area contributed by atoms with Crippen molar-refractivity contribution in [2.45, 2.75) is 108 Å². The van der Waals surface area contributed by atoms with Gasteiger partial charge in [0.15, 0.2) is 0 Å². The molecule has 1 saturated heterocycles. The number of rotatable bonds is 13. The zero-order valence-electron chi connectivity index (χ0n) is 23.9. The van der Waals surface area contributed by atoms with Crippen LogP contribution < -0.4 is 21.7 Å². The molecule has 1 aliphatic heterocycles. The number of hydrogen-bond acceptors (Lipinski definition) is 6. The summed E-state index contributed by atoms with van der Waals surface area (Å²) in [6.07, 6.45) is 6.51. The van der Waals surface area contributed by atoms with Crippen LogP contribution in [0.1, 0.15) is 76.7 Å². The number of nitrogens with two attached hydrogens (primary N) is 1. The molecule has 1 aliphatic carbocycles. The number of piperidine rings is 1. The molecule has 1 heterocycles. The van der Waals surface area contributed by atoms with Gasteiger partial charge in [-0.15, -0.1) is 0 Å². The minimum atomic E-state index is -1.04. The molecule has 0 unspecified atom stereocenters. The number of aliphatic hydroxyl groups is 2. The molecule has 10 nitrogen and oxygen atoms in total. The molecule has 0 bridgehead atoms. The first-order valence-electron chi connectivity index (χ1n) is 15.0. The van der Waals surface area contributed by atoms with E-state index in [9.17, 15) is 24.6 Å². The summed E-state index contributed by atoms with van der Waals surface area (Å²) < 4.78 is 0. The Balaban J connectivity index is 1.54. The maximum absolute atomic E-state index is 13.2. The van der Waals surface area contributed by atoms with Crippen LogP contribution in [-0.2, 0) is 16.0 Å². The smallest absolute Gasteiger partial charge is 0.318 e. The molecule has 2 fully saturated rings. The quantitative estimate of drug-likeness (QED) is 0.216. The number of likely N-dealkylation sites (tertiary alicyclic amines) is 1. The molecule has 0 aromatic heterocycles. The Morgan fingerprint density at radius 1 is 1.00 bits per heavy atom. The first kappa shape index (κ1) is 31.8. The fourth-order valence-electron chi connectivity index (χ4n) is 5.68. The van der Waals surface area contributed by atoms with Crippen molar-refractivity contribution >= 4 is 17.8 Å².